The van der Waals surface area contributed by atoms with Gasteiger partial charge in [-0.2, -0.15) is 0 Å². The minimum absolute atomic E-state index is 0.114. The lowest BCUT2D eigenvalue weighted by molar-refractivity contribution is -0.142. The molecular weight excluding hydrogens is 296 g/mol. The van der Waals surface area contributed by atoms with Crippen LogP contribution < -0.4 is 4.74 Å². The molecule has 0 N–H and O–H groups in total. The first kappa shape index (κ1) is 15.0. The van der Waals surface area contributed by atoms with Crippen LogP contribution in [-0.4, -0.2) is 19.2 Å². The lowest BCUT2D eigenvalue weighted by Crippen LogP contribution is -2.21. The molecule has 1 aromatic carbocycles. The average molecular weight is 315 g/mol. The van der Waals surface area contributed by atoms with Gasteiger partial charge >= 0.3 is 5.97 Å². The average Bonchev–Trinajstić information content (AvgIpc) is 2.39. The summed E-state index contributed by atoms with van der Waals surface area (Å²) in [6.45, 7) is 2.07. The van der Waals surface area contributed by atoms with Gasteiger partial charge in [-0.15, -0.1) is 0 Å². The molecule has 1 rings (SSSR count). The van der Waals surface area contributed by atoms with E-state index in [0.29, 0.717) is 6.42 Å². The quantitative estimate of drug-likeness (QED) is 0.568. The minimum Gasteiger partial charge on any atom is -0.490 e. The van der Waals surface area contributed by atoms with Gasteiger partial charge in [0.15, 0.2) is 0 Å². The maximum absolute atomic E-state index is 11.3. The van der Waals surface area contributed by atoms with Crippen LogP contribution in [0.2, 0.25) is 0 Å². The highest BCUT2D eigenvalue weighted by molar-refractivity contribution is 9.08. The van der Waals surface area contributed by atoms with Gasteiger partial charge in [-0.3, -0.25) is 4.79 Å². The van der Waals surface area contributed by atoms with Gasteiger partial charge in [0.2, 0.25) is 0 Å². The minimum atomic E-state index is -0.231. The molecule has 0 amide bonds. The second kappa shape index (κ2) is 8.14. The Labute approximate surface area is 117 Å². The van der Waals surface area contributed by atoms with E-state index in [1.54, 1.807) is 0 Å². The number of esters is 1. The molecule has 100 valence electrons. The first-order valence-corrected chi connectivity index (χ1v) is 7.20. The van der Waals surface area contributed by atoms with Crippen molar-refractivity contribution in [3.63, 3.8) is 0 Å². The molecular formula is C14H19BrO3. The molecule has 4 heteroatoms. The van der Waals surface area contributed by atoms with Crippen LogP contribution in [-0.2, 0) is 14.9 Å². The maximum Gasteiger partial charge on any atom is 0.309 e. The van der Waals surface area contributed by atoms with Crippen molar-refractivity contribution in [1.29, 1.82) is 0 Å². The number of carbonyl (C=O) groups is 1. The first-order valence-electron chi connectivity index (χ1n) is 6.08. The largest absolute Gasteiger partial charge is 0.490 e. The highest BCUT2D eigenvalue weighted by Gasteiger charge is 2.15. The van der Waals surface area contributed by atoms with E-state index in [-0.39, 0.29) is 12.1 Å². The Morgan fingerprint density at radius 1 is 1.33 bits per heavy atom. The van der Waals surface area contributed by atoms with Crippen LogP contribution in [0.15, 0.2) is 24.3 Å². The molecule has 0 fully saturated rings. The smallest absolute Gasteiger partial charge is 0.309 e. The van der Waals surface area contributed by atoms with Crippen LogP contribution in [0, 0.1) is 0 Å². The summed E-state index contributed by atoms with van der Waals surface area (Å²) in [5, 5.41) is 0.827. The summed E-state index contributed by atoms with van der Waals surface area (Å²) in [5.41, 5.74) is 1.20. The van der Waals surface area contributed by atoms with Crippen molar-refractivity contribution in [2.75, 3.05) is 7.11 Å². The number of hydrogen-bond acceptors (Lipinski definition) is 3. The van der Waals surface area contributed by atoms with Crippen molar-refractivity contribution in [3.05, 3.63) is 29.8 Å². The van der Waals surface area contributed by atoms with Crippen LogP contribution in [0.5, 0.6) is 5.75 Å². The molecule has 0 heterocycles. The van der Waals surface area contributed by atoms with Crippen molar-refractivity contribution < 1.29 is 14.3 Å². The summed E-state index contributed by atoms with van der Waals surface area (Å²) in [6.07, 6.45) is 2.00. The highest BCUT2D eigenvalue weighted by atomic mass is 79.9. The molecule has 3 nitrogen and oxygen atoms in total. The number of rotatable bonds is 7. The number of ether oxygens (including phenoxy) is 2. The number of methoxy groups -OCH3 is 1. The summed E-state index contributed by atoms with van der Waals surface area (Å²) in [6, 6.07) is 7.86. The molecule has 0 saturated carbocycles. The van der Waals surface area contributed by atoms with E-state index in [2.05, 4.69) is 27.6 Å². The van der Waals surface area contributed by atoms with Crippen molar-refractivity contribution in [2.24, 2.45) is 0 Å². The molecule has 0 radical (unpaired) electrons. The fraction of sp³-hybridized carbons (Fsp3) is 0.500. The third-order valence-electron chi connectivity index (χ3n) is 2.61. The van der Waals surface area contributed by atoms with Crippen LogP contribution >= 0.6 is 15.9 Å². The SMILES string of the molecule is CCCC(CC(=O)OC)Oc1ccc(CBr)cc1. The number of halogens is 1. The lowest BCUT2D eigenvalue weighted by atomic mass is 10.1. The molecule has 1 unspecified atom stereocenters. The third-order valence-corrected chi connectivity index (χ3v) is 3.26. The molecule has 1 aromatic rings. The third kappa shape index (κ3) is 5.08. The summed E-state index contributed by atoms with van der Waals surface area (Å²) < 4.78 is 10.5. The van der Waals surface area contributed by atoms with Gasteiger partial charge < -0.3 is 9.47 Å². The fourth-order valence-corrected chi connectivity index (χ4v) is 2.02. The number of carbonyl (C=O) groups excluding carboxylic acids is 1. The fourth-order valence-electron chi connectivity index (χ4n) is 1.64. The van der Waals surface area contributed by atoms with Crippen molar-refractivity contribution in [2.45, 2.75) is 37.6 Å². The van der Waals surface area contributed by atoms with Gasteiger partial charge in [-0.05, 0) is 24.1 Å². The maximum atomic E-state index is 11.3. The molecule has 0 aliphatic carbocycles. The zero-order valence-electron chi connectivity index (χ0n) is 10.8. The molecule has 0 aliphatic heterocycles. The number of hydrogen-bond donors (Lipinski definition) is 0. The van der Waals surface area contributed by atoms with Gasteiger partial charge in [0.25, 0.3) is 0 Å². The van der Waals surface area contributed by atoms with E-state index in [9.17, 15) is 4.79 Å². The molecule has 0 aliphatic rings. The van der Waals surface area contributed by atoms with E-state index >= 15 is 0 Å². The Morgan fingerprint density at radius 3 is 2.50 bits per heavy atom. The Kier molecular flexibility index (Phi) is 6.80. The Morgan fingerprint density at radius 2 is 2.00 bits per heavy atom. The predicted octanol–water partition coefficient (Wildman–Crippen LogP) is 3.69. The van der Waals surface area contributed by atoms with Gasteiger partial charge in [0, 0.05) is 5.33 Å². The molecule has 0 spiro atoms. The zero-order valence-corrected chi connectivity index (χ0v) is 12.4. The Hall–Kier alpha value is -1.03. The normalized spacial score (nSPS) is 11.9. The van der Waals surface area contributed by atoms with E-state index in [0.717, 1.165) is 23.9 Å². The molecule has 1 atom stereocenters. The van der Waals surface area contributed by atoms with Crippen LogP contribution in [0.4, 0.5) is 0 Å². The molecule has 0 bridgehead atoms. The van der Waals surface area contributed by atoms with Gasteiger partial charge in [-0.1, -0.05) is 41.4 Å². The van der Waals surface area contributed by atoms with Crippen LogP contribution in [0.1, 0.15) is 31.7 Å². The second-order valence-electron chi connectivity index (χ2n) is 4.09. The van der Waals surface area contributed by atoms with E-state index in [4.69, 9.17) is 4.74 Å². The zero-order chi connectivity index (χ0) is 13.4. The van der Waals surface area contributed by atoms with Crippen molar-refractivity contribution >= 4 is 21.9 Å². The lowest BCUT2D eigenvalue weighted by Gasteiger charge is -2.17. The summed E-state index contributed by atoms with van der Waals surface area (Å²) in [4.78, 5) is 11.3. The molecule has 0 saturated heterocycles. The number of alkyl halides is 1. The van der Waals surface area contributed by atoms with Crippen LogP contribution in [0.25, 0.3) is 0 Å². The molecule has 18 heavy (non-hydrogen) atoms. The van der Waals surface area contributed by atoms with E-state index in [1.165, 1.54) is 12.7 Å². The summed E-state index contributed by atoms with van der Waals surface area (Å²) in [5.74, 6) is 0.563. The topological polar surface area (TPSA) is 35.5 Å². The Bertz CT molecular complexity index is 362. The van der Waals surface area contributed by atoms with Gasteiger partial charge in [0.1, 0.15) is 11.9 Å². The van der Waals surface area contributed by atoms with Gasteiger partial charge in [0.05, 0.1) is 13.5 Å². The predicted molar refractivity (Wildman–Crippen MR) is 75.0 cm³/mol. The van der Waals surface area contributed by atoms with Gasteiger partial charge in [-0.25, -0.2) is 0 Å². The first-order chi connectivity index (χ1) is 8.69. The van der Waals surface area contributed by atoms with E-state index in [1.807, 2.05) is 24.3 Å². The van der Waals surface area contributed by atoms with Crippen LogP contribution in [0.3, 0.4) is 0 Å². The second-order valence-corrected chi connectivity index (χ2v) is 4.65. The molecule has 0 aromatic heterocycles. The number of benzene rings is 1. The van der Waals surface area contributed by atoms with Crippen molar-refractivity contribution in [3.8, 4) is 5.75 Å². The van der Waals surface area contributed by atoms with E-state index < -0.39 is 0 Å². The standard InChI is InChI=1S/C14H19BrO3/c1-3-4-13(9-14(16)17-2)18-12-7-5-11(10-15)6-8-12/h5-8,13H,3-4,9-10H2,1-2H3. The highest BCUT2D eigenvalue weighted by Crippen LogP contribution is 2.18. The Balaban J connectivity index is 2.60. The summed E-state index contributed by atoms with van der Waals surface area (Å²) in [7, 11) is 1.40. The summed E-state index contributed by atoms with van der Waals surface area (Å²) >= 11 is 3.40. The monoisotopic (exact) mass is 314 g/mol. The van der Waals surface area contributed by atoms with Crippen molar-refractivity contribution in [1.82, 2.24) is 0 Å².